The van der Waals surface area contributed by atoms with E-state index in [1.165, 1.54) is 32.3 Å². The number of piperidine rings is 3. The van der Waals surface area contributed by atoms with Crippen molar-refractivity contribution in [1.82, 2.24) is 15.2 Å². The molecule has 21 heavy (non-hydrogen) atoms. The lowest BCUT2D eigenvalue weighted by molar-refractivity contribution is 0.0217. The average Bonchev–Trinajstić information content (AvgIpc) is 2.98. The van der Waals surface area contributed by atoms with Crippen molar-refractivity contribution in [2.24, 2.45) is 5.92 Å². The Bertz CT molecular complexity index is 671. The molecule has 2 atom stereocenters. The molecule has 3 aliphatic heterocycles. The number of fused-ring (bicyclic) bond motifs is 4. The number of nitrogens with one attached hydrogen (secondary N) is 1. The molecule has 1 aromatic carbocycles. The molecule has 0 aliphatic carbocycles. The van der Waals surface area contributed by atoms with Gasteiger partial charge in [-0.05, 0) is 57.0 Å². The Balaban J connectivity index is 1.54. The number of aromatic nitrogens is 1. The number of carbonyl (C=O) groups is 1. The van der Waals surface area contributed by atoms with Gasteiger partial charge in [-0.1, -0.05) is 0 Å². The van der Waals surface area contributed by atoms with Crippen molar-refractivity contribution in [3.8, 4) is 0 Å². The number of nitrogens with zero attached hydrogens (tertiary/aromatic N) is 2. The number of hydrogen-bond donors (Lipinski definition) is 1. The predicted octanol–water partition coefficient (Wildman–Crippen LogP) is 2.04. The molecule has 3 saturated heterocycles. The maximum Gasteiger partial charge on any atom is 0.251 e. The molecule has 2 bridgehead atoms. The van der Waals surface area contributed by atoms with Gasteiger partial charge in [0, 0.05) is 17.6 Å². The van der Waals surface area contributed by atoms with Gasteiger partial charge < -0.3 is 9.73 Å². The summed E-state index contributed by atoms with van der Waals surface area (Å²) in [5.41, 5.74) is 2.09. The van der Waals surface area contributed by atoms with Crippen LogP contribution in [0, 0.1) is 5.92 Å². The van der Waals surface area contributed by atoms with Crippen molar-refractivity contribution >= 4 is 17.0 Å². The summed E-state index contributed by atoms with van der Waals surface area (Å²) in [5.74, 6) is 0.607. The Morgan fingerprint density at radius 2 is 2.19 bits per heavy atom. The molecule has 2 aromatic rings. The molecule has 110 valence electrons. The molecule has 5 heteroatoms. The molecule has 1 unspecified atom stereocenters. The van der Waals surface area contributed by atoms with Gasteiger partial charge in [0.1, 0.15) is 5.52 Å². The van der Waals surface area contributed by atoms with Crippen LogP contribution in [0.2, 0.25) is 0 Å². The highest BCUT2D eigenvalue weighted by Crippen LogP contribution is 2.32. The fourth-order valence-electron chi connectivity index (χ4n) is 3.78. The summed E-state index contributed by atoms with van der Waals surface area (Å²) in [6, 6.07) is 6.08. The third kappa shape index (κ3) is 2.12. The Labute approximate surface area is 123 Å². The minimum atomic E-state index is -0.00880. The van der Waals surface area contributed by atoms with E-state index in [0.29, 0.717) is 23.1 Å². The summed E-state index contributed by atoms with van der Waals surface area (Å²) in [6.45, 7) is 4.56. The van der Waals surface area contributed by atoms with E-state index in [4.69, 9.17) is 4.42 Å². The molecule has 3 fully saturated rings. The predicted molar refractivity (Wildman–Crippen MR) is 79.0 cm³/mol. The van der Waals surface area contributed by atoms with Crippen molar-refractivity contribution in [2.45, 2.75) is 31.8 Å². The van der Waals surface area contributed by atoms with Crippen molar-refractivity contribution in [3.05, 3.63) is 30.2 Å². The monoisotopic (exact) mass is 285 g/mol. The zero-order valence-corrected chi connectivity index (χ0v) is 12.1. The van der Waals surface area contributed by atoms with Crippen LogP contribution in [0.25, 0.3) is 11.1 Å². The van der Waals surface area contributed by atoms with Gasteiger partial charge in [0.15, 0.2) is 12.0 Å². The van der Waals surface area contributed by atoms with Gasteiger partial charge in [-0.25, -0.2) is 4.98 Å². The normalized spacial score (nSPS) is 31.5. The van der Waals surface area contributed by atoms with E-state index >= 15 is 0 Å². The van der Waals surface area contributed by atoms with E-state index in [-0.39, 0.29) is 11.9 Å². The van der Waals surface area contributed by atoms with Crippen molar-refractivity contribution in [1.29, 1.82) is 0 Å². The van der Waals surface area contributed by atoms with Gasteiger partial charge in [-0.2, -0.15) is 0 Å². The molecule has 5 rings (SSSR count). The number of hydrogen-bond acceptors (Lipinski definition) is 4. The lowest BCUT2D eigenvalue weighted by Gasteiger charge is -2.49. The molecular weight excluding hydrogens is 266 g/mol. The molecular formula is C16H19N3O2. The second-order valence-corrected chi connectivity index (χ2v) is 6.15. The van der Waals surface area contributed by atoms with Gasteiger partial charge in [0.05, 0.1) is 0 Å². The lowest BCUT2D eigenvalue weighted by atomic mass is 9.79. The van der Waals surface area contributed by atoms with Crippen LogP contribution < -0.4 is 5.32 Å². The fourth-order valence-corrected chi connectivity index (χ4v) is 3.78. The van der Waals surface area contributed by atoms with Crippen LogP contribution in [0.5, 0.6) is 0 Å². The quantitative estimate of drug-likeness (QED) is 0.917. The minimum Gasteiger partial charge on any atom is -0.443 e. The maximum atomic E-state index is 12.5. The van der Waals surface area contributed by atoms with Gasteiger partial charge in [-0.3, -0.25) is 9.69 Å². The molecule has 0 spiro atoms. The summed E-state index contributed by atoms with van der Waals surface area (Å²) in [6.07, 6.45) is 3.79. The van der Waals surface area contributed by atoms with Crippen LogP contribution in [0.4, 0.5) is 0 Å². The Hall–Kier alpha value is -1.88. The second-order valence-electron chi connectivity index (χ2n) is 6.15. The van der Waals surface area contributed by atoms with Crippen LogP contribution in [0.3, 0.4) is 0 Å². The van der Waals surface area contributed by atoms with Gasteiger partial charge in [0.2, 0.25) is 0 Å². The van der Waals surface area contributed by atoms with E-state index in [0.717, 1.165) is 5.52 Å². The lowest BCUT2D eigenvalue weighted by Crippen LogP contribution is -2.62. The van der Waals surface area contributed by atoms with E-state index in [2.05, 4.69) is 22.1 Å². The first-order valence-corrected chi connectivity index (χ1v) is 7.60. The smallest absolute Gasteiger partial charge is 0.251 e. The highest BCUT2D eigenvalue weighted by atomic mass is 16.3. The van der Waals surface area contributed by atoms with Crippen molar-refractivity contribution < 1.29 is 9.21 Å². The SMILES string of the molecule is CC1[C@H](NC(=O)c2ccc3ocnc3c2)C2CCN1CC2. The number of rotatable bonds is 2. The van der Waals surface area contributed by atoms with Crippen LogP contribution in [-0.2, 0) is 0 Å². The molecule has 0 radical (unpaired) electrons. The molecule has 1 aromatic heterocycles. The highest BCUT2D eigenvalue weighted by Gasteiger charge is 2.40. The average molecular weight is 285 g/mol. The first-order chi connectivity index (χ1) is 10.2. The molecule has 0 saturated carbocycles. The van der Waals surface area contributed by atoms with E-state index in [9.17, 15) is 4.79 Å². The molecule has 3 aliphatic rings. The van der Waals surface area contributed by atoms with E-state index in [1.807, 2.05) is 0 Å². The van der Waals surface area contributed by atoms with Crippen LogP contribution in [0.15, 0.2) is 29.0 Å². The third-order valence-corrected chi connectivity index (χ3v) is 5.07. The van der Waals surface area contributed by atoms with Crippen molar-refractivity contribution in [3.63, 3.8) is 0 Å². The Morgan fingerprint density at radius 3 is 2.95 bits per heavy atom. The van der Waals surface area contributed by atoms with Crippen molar-refractivity contribution in [2.75, 3.05) is 13.1 Å². The molecule has 1 amide bonds. The minimum absolute atomic E-state index is 0.00880. The van der Waals surface area contributed by atoms with Crippen LogP contribution in [0.1, 0.15) is 30.1 Å². The molecule has 1 N–H and O–H groups in total. The number of oxazole rings is 1. The number of amides is 1. The van der Waals surface area contributed by atoms with Gasteiger partial charge >= 0.3 is 0 Å². The van der Waals surface area contributed by atoms with Gasteiger partial charge in [-0.15, -0.1) is 0 Å². The molecule has 5 nitrogen and oxygen atoms in total. The van der Waals surface area contributed by atoms with Gasteiger partial charge in [0.25, 0.3) is 5.91 Å². The standard InChI is InChI=1S/C16H19N3O2/c1-10-15(11-4-6-19(10)7-5-11)18-16(20)12-2-3-14-13(8-12)17-9-21-14/h2-3,8-11,15H,4-7H2,1H3,(H,18,20)/t10?,15-/m0/s1. The summed E-state index contributed by atoms with van der Waals surface area (Å²) in [5, 5.41) is 3.23. The Kier molecular flexibility index (Phi) is 2.96. The number of benzene rings is 1. The van der Waals surface area contributed by atoms with E-state index in [1.54, 1.807) is 18.2 Å². The second kappa shape index (κ2) is 4.84. The summed E-state index contributed by atoms with van der Waals surface area (Å²) in [7, 11) is 0. The van der Waals surface area contributed by atoms with Crippen LogP contribution >= 0.6 is 0 Å². The maximum absolute atomic E-state index is 12.5. The topological polar surface area (TPSA) is 58.4 Å². The summed E-state index contributed by atoms with van der Waals surface area (Å²) < 4.78 is 5.21. The third-order valence-electron chi connectivity index (χ3n) is 5.07. The number of carbonyl (C=O) groups excluding carboxylic acids is 1. The zero-order chi connectivity index (χ0) is 14.4. The zero-order valence-electron chi connectivity index (χ0n) is 12.1. The summed E-state index contributed by atoms with van der Waals surface area (Å²) >= 11 is 0. The van der Waals surface area contributed by atoms with Crippen LogP contribution in [-0.4, -0.2) is 41.0 Å². The Morgan fingerprint density at radius 1 is 1.38 bits per heavy atom. The largest absolute Gasteiger partial charge is 0.443 e. The van der Waals surface area contributed by atoms with E-state index < -0.39 is 0 Å². The molecule has 4 heterocycles. The fraction of sp³-hybridized carbons (Fsp3) is 0.500. The highest BCUT2D eigenvalue weighted by molar-refractivity contribution is 5.97. The first kappa shape index (κ1) is 12.8. The summed E-state index contributed by atoms with van der Waals surface area (Å²) in [4.78, 5) is 19.1. The first-order valence-electron chi connectivity index (χ1n) is 7.60.